The number of hydrogen-bond donors (Lipinski definition) is 0. The maximum Gasteiger partial charge on any atom is -0.0126 e. The van der Waals surface area contributed by atoms with E-state index in [0.29, 0.717) is 0 Å². The molecule has 0 amide bonds. The van der Waals surface area contributed by atoms with Crippen molar-refractivity contribution in [3.05, 3.63) is 60.2 Å². The molecule has 0 fully saturated rings. The van der Waals surface area contributed by atoms with Crippen molar-refractivity contribution in [2.24, 2.45) is 0 Å². The summed E-state index contributed by atoms with van der Waals surface area (Å²) in [5, 5.41) is 0. The van der Waals surface area contributed by atoms with Crippen molar-refractivity contribution < 1.29 is 0 Å². The second-order valence-electron chi connectivity index (χ2n) is 5.09. The first-order valence-corrected chi connectivity index (χ1v) is 5.65. The molecule has 0 unspecified atom stereocenters. The van der Waals surface area contributed by atoms with Gasteiger partial charge in [-0.05, 0) is 34.2 Å². The van der Waals surface area contributed by atoms with Gasteiger partial charge in [0.05, 0.1) is 0 Å². The van der Waals surface area contributed by atoms with Crippen molar-refractivity contribution in [3.8, 4) is 11.1 Å². The van der Waals surface area contributed by atoms with Gasteiger partial charge in [-0.1, -0.05) is 63.2 Å². The molecule has 1 radical (unpaired) electrons. The van der Waals surface area contributed by atoms with Crippen LogP contribution >= 0.6 is 0 Å². The average Bonchev–Trinajstić information content (AvgIpc) is 2.29. The molecule has 0 bridgehead atoms. The predicted octanol–water partition coefficient (Wildman–Crippen LogP) is 4.45. The highest BCUT2D eigenvalue weighted by molar-refractivity contribution is 5.68. The van der Waals surface area contributed by atoms with Crippen LogP contribution in [0.3, 0.4) is 0 Å². The van der Waals surface area contributed by atoms with E-state index >= 15 is 0 Å². The molecule has 0 aliphatic rings. The van der Waals surface area contributed by atoms with Gasteiger partial charge in [-0.2, -0.15) is 0 Å². The minimum Gasteiger partial charge on any atom is -0.0622 e. The van der Waals surface area contributed by atoms with Gasteiger partial charge in [0.25, 0.3) is 0 Å². The smallest absolute Gasteiger partial charge is 0.0126 e. The highest BCUT2D eigenvalue weighted by Crippen LogP contribution is 2.32. The van der Waals surface area contributed by atoms with E-state index < -0.39 is 0 Å². The molecule has 0 heterocycles. The SMILES string of the molecule is CC(C)(C)c1cc[c]cc1-c1ccccc1. The van der Waals surface area contributed by atoms with Crippen LogP contribution in [0, 0.1) is 6.07 Å². The molecule has 0 aromatic heterocycles. The van der Waals surface area contributed by atoms with Gasteiger partial charge < -0.3 is 0 Å². The topological polar surface area (TPSA) is 0 Å². The van der Waals surface area contributed by atoms with Crippen LogP contribution in [0.1, 0.15) is 26.3 Å². The Morgan fingerprint density at radius 1 is 0.938 bits per heavy atom. The summed E-state index contributed by atoms with van der Waals surface area (Å²) in [7, 11) is 0. The zero-order chi connectivity index (χ0) is 11.6. The van der Waals surface area contributed by atoms with Crippen molar-refractivity contribution >= 4 is 0 Å². The summed E-state index contributed by atoms with van der Waals surface area (Å²) >= 11 is 0. The van der Waals surface area contributed by atoms with Crippen LogP contribution in [0.4, 0.5) is 0 Å². The zero-order valence-electron chi connectivity index (χ0n) is 10.1. The van der Waals surface area contributed by atoms with E-state index in [-0.39, 0.29) is 5.41 Å². The van der Waals surface area contributed by atoms with E-state index in [1.165, 1.54) is 16.7 Å². The van der Waals surface area contributed by atoms with Gasteiger partial charge >= 0.3 is 0 Å². The molecular formula is C16H17. The standard InChI is InChI=1S/C16H17/c1-16(2,3)15-12-8-7-11-14(15)13-9-5-4-6-10-13/h4-6,8-12H,1-3H3. The van der Waals surface area contributed by atoms with E-state index in [9.17, 15) is 0 Å². The summed E-state index contributed by atoms with van der Waals surface area (Å²) in [4.78, 5) is 0. The van der Waals surface area contributed by atoms with Crippen LogP contribution in [0.2, 0.25) is 0 Å². The van der Waals surface area contributed by atoms with Gasteiger partial charge in [0.15, 0.2) is 0 Å². The Hall–Kier alpha value is -1.56. The quantitative estimate of drug-likeness (QED) is 0.651. The fourth-order valence-corrected chi connectivity index (χ4v) is 1.94. The molecule has 0 nitrogen and oxygen atoms in total. The van der Waals surface area contributed by atoms with Crippen LogP contribution < -0.4 is 0 Å². The van der Waals surface area contributed by atoms with E-state index in [1.807, 2.05) is 12.1 Å². The minimum absolute atomic E-state index is 0.167. The van der Waals surface area contributed by atoms with Gasteiger partial charge in [-0.25, -0.2) is 0 Å². The summed E-state index contributed by atoms with van der Waals surface area (Å²) in [6.45, 7) is 6.73. The molecule has 0 aliphatic heterocycles. The Morgan fingerprint density at radius 2 is 1.62 bits per heavy atom. The lowest BCUT2D eigenvalue weighted by Gasteiger charge is -2.22. The van der Waals surface area contributed by atoms with Crippen molar-refractivity contribution in [2.45, 2.75) is 26.2 Å². The van der Waals surface area contributed by atoms with Crippen molar-refractivity contribution in [1.29, 1.82) is 0 Å². The van der Waals surface area contributed by atoms with E-state index in [1.54, 1.807) is 0 Å². The maximum absolute atomic E-state index is 3.17. The molecule has 0 heteroatoms. The largest absolute Gasteiger partial charge is 0.0622 e. The molecule has 2 aromatic rings. The lowest BCUT2D eigenvalue weighted by Crippen LogP contribution is -2.12. The second-order valence-corrected chi connectivity index (χ2v) is 5.09. The second kappa shape index (κ2) is 4.13. The predicted molar refractivity (Wildman–Crippen MR) is 69.4 cm³/mol. The van der Waals surface area contributed by atoms with Crippen molar-refractivity contribution in [2.75, 3.05) is 0 Å². The summed E-state index contributed by atoms with van der Waals surface area (Å²) in [5.74, 6) is 0. The minimum atomic E-state index is 0.167. The lowest BCUT2D eigenvalue weighted by molar-refractivity contribution is 0.592. The van der Waals surface area contributed by atoms with E-state index in [2.05, 4.69) is 63.2 Å². The molecule has 0 saturated carbocycles. The fourth-order valence-electron chi connectivity index (χ4n) is 1.94. The number of hydrogen-bond acceptors (Lipinski definition) is 0. The Labute approximate surface area is 97.9 Å². The molecule has 0 aliphatic carbocycles. The lowest BCUT2D eigenvalue weighted by atomic mass is 9.82. The summed E-state index contributed by atoms with van der Waals surface area (Å²) in [5.41, 5.74) is 4.10. The average molecular weight is 209 g/mol. The van der Waals surface area contributed by atoms with Gasteiger partial charge in [-0.3, -0.25) is 0 Å². The third kappa shape index (κ3) is 2.16. The van der Waals surface area contributed by atoms with Crippen molar-refractivity contribution in [1.82, 2.24) is 0 Å². The fraction of sp³-hybridized carbons (Fsp3) is 0.250. The Kier molecular flexibility index (Phi) is 2.82. The van der Waals surface area contributed by atoms with Crippen LogP contribution in [0.15, 0.2) is 48.5 Å². The first-order valence-electron chi connectivity index (χ1n) is 5.65. The van der Waals surface area contributed by atoms with E-state index in [0.717, 1.165) is 0 Å². The highest BCUT2D eigenvalue weighted by atomic mass is 14.2. The van der Waals surface area contributed by atoms with Gasteiger partial charge in [0.1, 0.15) is 0 Å². The maximum atomic E-state index is 3.17. The van der Waals surface area contributed by atoms with Gasteiger partial charge in [-0.15, -0.1) is 0 Å². The van der Waals surface area contributed by atoms with Crippen LogP contribution in [0.25, 0.3) is 11.1 Å². The zero-order valence-corrected chi connectivity index (χ0v) is 10.1. The third-order valence-electron chi connectivity index (χ3n) is 2.76. The van der Waals surface area contributed by atoms with E-state index in [4.69, 9.17) is 0 Å². The van der Waals surface area contributed by atoms with Gasteiger partial charge in [0.2, 0.25) is 0 Å². The summed E-state index contributed by atoms with van der Waals surface area (Å²) < 4.78 is 0. The summed E-state index contributed by atoms with van der Waals surface area (Å²) in [6.07, 6.45) is 0. The molecule has 2 aromatic carbocycles. The van der Waals surface area contributed by atoms with Crippen LogP contribution in [-0.2, 0) is 5.41 Å². The number of benzene rings is 2. The Balaban J connectivity index is 2.58. The van der Waals surface area contributed by atoms with Crippen LogP contribution in [-0.4, -0.2) is 0 Å². The monoisotopic (exact) mass is 209 g/mol. The highest BCUT2D eigenvalue weighted by Gasteiger charge is 2.17. The first-order chi connectivity index (χ1) is 7.59. The molecular weight excluding hydrogens is 192 g/mol. The molecule has 16 heavy (non-hydrogen) atoms. The Morgan fingerprint density at radius 3 is 2.25 bits per heavy atom. The molecule has 0 N–H and O–H groups in total. The molecule has 0 spiro atoms. The third-order valence-corrected chi connectivity index (χ3v) is 2.76. The Bertz CT molecular complexity index is 461. The number of rotatable bonds is 1. The first kappa shape index (κ1) is 10.9. The summed E-state index contributed by atoms with van der Waals surface area (Å²) in [6, 6.07) is 19.9. The normalized spacial score (nSPS) is 11.4. The molecule has 0 atom stereocenters. The van der Waals surface area contributed by atoms with Crippen molar-refractivity contribution in [3.63, 3.8) is 0 Å². The molecule has 0 saturated heterocycles. The molecule has 2 rings (SSSR count). The molecule has 81 valence electrons. The van der Waals surface area contributed by atoms with Gasteiger partial charge in [0, 0.05) is 0 Å². The van der Waals surface area contributed by atoms with Crippen LogP contribution in [0.5, 0.6) is 0 Å².